The molecule has 8 rings (SSSR count). The molecule has 2 amide bonds. The summed E-state index contributed by atoms with van der Waals surface area (Å²) < 4.78 is 17.1. The van der Waals surface area contributed by atoms with Gasteiger partial charge in [-0.3, -0.25) is 19.3 Å². The minimum atomic E-state index is -0.446. The predicted molar refractivity (Wildman–Crippen MR) is 182 cm³/mol. The van der Waals surface area contributed by atoms with Gasteiger partial charge in [0.1, 0.15) is 6.61 Å². The number of aromatic amines is 1. The number of benzene rings is 3. The molecular formula is C37H34N2O7S2. The highest BCUT2D eigenvalue weighted by molar-refractivity contribution is 8.00. The summed E-state index contributed by atoms with van der Waals surface area (Å²) in [6, 6.07) is 20.6. The van der Waals surface area contributed by atoms with Gasteiger partial charge in [-0.05, 0) is 91.1 Å². The SMILES string of the molecule is CCOC(=O)c1ccc(N2C(=O)C3C4CC(C3C2=O)C2C4Sc3[nH]c(=O)sc3[C@@H]2c2ccc(OCc3ccccc3C)c(OC)c2)cc1. The number of amides is 2. The molecule has 3 aromatic carbocycles. The molecule has 1 N–H and O–H groups in total. The molecule has 6 unspecified atom stereocenters. The van der Waals surface area contributed by atoms with Crippen molar-refractivity contribution in [3.63, 3.8) is 0 Å². The number of aryl methyl sites for hydroxylation is 1. The van der Waals surface area contributed by atoms with Gasteiger partial charge in [-0.25, -0.2) is 4.79 Å². The van der Waals surface area contributed by atoms with Crippen LogP contribution in [0.2, 0.25) is 0 Å². The maximum atomic E-state index is 14.2. The van der Waals surface area contributed by atoms with Crippen LogP contribution < -0.4 is 19.2 Å². The highest BCUT2D eigenvalue weighted by atomic mass is 32.2. The lowest BCUT2D eigenvalue weighted by Gasteiger charge is -2.43. The quantitative estimate of drug-likeness (QED) is 0.173. The highest BCUT2D eigenvalue weighted by Gasteiger charge is 2.69. The Morgan fingerprint density at radius 1 is 0.958 bits per heavy atom. The van der Waals surface area contributed by atoms with Crippen LogP contribution in [-0.4, -0.2) is 41.7 Å². The minimum Gasteiger partial charge on any atom is -0.493 e. The number of thiazole rings is 1. The van der Waals surface area contributed by atoms with Crippen LogP contribution in [0.15, 0.2) is 76.6 Å². The van der Waals surface area contributed by atoms with Gasteiger partial charge >= 0.3 is 10.8 Å². The Hall–Kier alpha value is -4.35. The van der Waals surface area contributed by atoms with E-state index in [-0.39, 0.29) is 52.2 Å². The molecule has 3 heterocycles. The van der Waals surface area contributed by atoms with E-state index in [2.05, 4.69) is 18.0 Å². The maximum Gasteiger partial charge on any atom is 0.338 e. The Morgan fingerprint density at radius 3 is 2.44 bits per heavy atom. The fraction of sp³-hybridized carbons (Fsp3) is 0.351. The van der Waals surface area contributed by atoms with Gasteiger partial charge in [-0.15, -0.1) is 11.8 Å². The van der Waals surface area contributed by atoms with E-state index in [4.69, 9.17) is 14.2 Å². The van der Waals surface area contributed by atoms with Gasteiger partial charge in [-0.2, -0.15) is 0 Å². The van der Waals surface area contributed by atoms with Crippen molar-refractivity contribution in [1.29, 1.82) is 0 Å². The van der Waals surface area contributed by atoms with Crippen LogP contribution in [0.25, 0.3) is 0 Å². The number of hydrogen-bond donors (Lipinski definition) is 1. The van der Waals surface area contributed by atoms with Crippen LogP contribution in [0.5, 0.6) is 11.5 Å². The van der Waals surface area contributed by atoms with Crippen molar-refractivity contribution >= 4 is 46.6 Å². The van der Waals surface area contributed by atoms with Gasteiger partial charge in [0.25, 0.3) is 0 Å². The zero-order valence-corrected chi connectivity index (χ0v) is 28.3. The molecular weight excluding hydrogens is 649 g/mol. The molecule has 48 heavy (non-hydrogen) atoms. The van der Waals surface area contributed by atoms with Crippen LogP contribution >= 0.6 is 23.1 Å². The number of carbonyl (C=O) groups is 3. The number of nitrogens with one attached hydrogen (secondary N) is 1. The number of aromatic nitrogens is 1. The van der Waals surface area contributed by atoms with Crippen molar-refractivity contribution in [3.8, 4) is 11.5 Å². The molecule has 2 aliphatic carbocycles. The van der Waals surface area contributed by atoms with Gasteiger partial charge in [0, 0.05) is 16.0 Å². The van der Waals surface area contributed by atoms with Gasteiger partial charge in [0.2, 0.25) is 11.8 Å². The second-order valence-electron chi connectivity index (χ2n) is 12.9. The van der Waals surface area contributed by atoms with Crippen LogP contribution in [0.1, 0.15) is 51.2 Å². The first kappa shape index (κ1) is 31.0. The fourth-order valence-corrected chi connectivity index (χ4v) is 11.4. The molecule has 2 bridgehead atoms. The number of methoxy groups -OCH3 is 1. The minimum absolute atomic E-state index is 0.00655. The summed E-state index contributed by atoms with van der Waals surface area (Å²) in [4.78, 5) is 58.3. The summed E-state index contributed by atoms with van der Waals surface area (Å²) in [6.07, 6.45) is 0.787. The lowest BCUT2D eigenvalue weighted by atomic mass is 9.68. The molecule has 11 heteroatoms. The second-order valence-corrected chi connectivity index (χ2v) is 15.1. The molecule has 2 aliphatic heterocycles. The molecule has 1 saturated heterocycles. The van der Waals surface area contributed by atoms with E-state index in [1.54, 1.807) is 50.1 Å². The number of nitrogens with zero attached hydrogens (tertiary/aromatic N) is 1. The zero-order valence-electron chi connectivity index (χ0n) is 26.6. The van der Waals surface area contributed by atoms with Crippen molar-refractivity contribution in [2.24, 2.45) is 29.6 Å². The fourth-order valence-electron chi connectivity index (χ4n) is 8.53. The number of hydrogen-bond acceptors (Lipinski definition) is 9. The van der Waals surface area contributed by atoms with E-state index < -0.39 is 17.8 Å². The smallest absolute Gasteiger partial charge is 0.338 e. The van der Waals surface area contributed by atoms with Gasteiger partial charge in [0.15, 0.2) is 11.5 Å². The lowest BCUT2D eigenvalue weighted by molar-refractivity contribution is -0.123. The number of anilines is 1. The Morgan fingerprint density at radius 2 is 1.71 bits per heavy atom. The number of thioether (sulfide) groups is 1. The van der Waals surface area contributed by atoms with Crippen LogP contribution in [-0.2, 0) is 20.9 Å². The third kappa shape index (κ3) is 4.81. The Labute approximate surface area is 285 Å². The summed E-state index contributed by atoms with van der Waals surface area (Å²) in [5, 5.41) is 0.909. The molecule has 2 saturated carbocycles. The topological polar surface area (TPSA) is 115 Å². The van der Waals surface area contributed by atoms with E-state index in [9.17, 15) is 19.2 Å². The summed E-state index contributed by atoms with van der Waals surface area (Å²) in [6.45, 7) is 4.46. The number of ether oxygens (including phenoxy) is 3. The summed E-state index contributed by atoms with van der Waals surface area (Å²) >= 11 is 2.88. The molecule has 4 aromatic rings. The molecule has 0 spiro atoms. The average Bonchev–Trinajstić information content (AvgIpc) is 3.83. The summed E-state index contributed by atoms with van der Waals surface area (Å²) in [5.74, 6) is -0.575. The van der Waals surface area contributed by atoms with Gasteiger partial charge in [0.05, 0.1) is 41.8 Å². The largest absolute Gasteiger partial charge is 0.493 e. The first-order chi connectivity index (χ1) is 23.3. The monoisotopic (exact) mass is 682 g/mol. The van der Waals surface area contributed by atoms with Gasteiger partial charge < -0.3 is 19.2 Å². The lowest BCUT2D eigenvalue weighted by Crippen LogP contribution is -2.42. The molecule has 7 atom stereocenters. The molecule has 3 fully saturated rings. The van der Waals surface area contributed by atoms with Crippen LogP contribution in [0, 0.1) is 36.5 Å². The normalized spacial score (nSPS) is 26.6. The van der Waals surface area contributed by atoms with Crippen molar-refractivity contribution in [2.75, 3.05) is 18.6 Å². The number of fused-ring (bicyclic) bond motifs is 9. The highest BCUT2D eigenvalue weighted by Crippen LogP contribution is 2.68. The molecule has 4 aliphatic rings. The average molecular weight is 683 g/mol. The number of imide groups is 1. The third-order valence-electron chi connectivity index (χ3n) is 10.6. The van der Waals surface area contributed by atoms with Crippen molar-refractivity contribution in [2.45, 2.75) is 43.1 Å². The van der Waals surface area contributed by atoms with Crippen LogP contribution in [0.4, 0.5) is 5.69 Å². The van der Waals surface area contributed by atoms with E-state index in [0.717, 1.165) is 33.0 Å². The Balaban J connectivity index is 1.12. The first-order valence-electron chi connectivity index (χ1n) is 16.2. The zero-order chi connectivity index (χ0) is 33.3. The first-order valence-corrected chi connectivity index (χ1v) is 17.9. The maximum absolute atomic E-state index is 14.2. The van der Waals surface area contributed by atoms with Crippen LogP contribution in [0.3, 0.4) is 0 Å². The standard InChI is InChI=1S/C37H34N2O7S2/c1-4-45-36(42)19-9-12-22(13-10-19)39-34(40)29-23-16-24(30(29)35(39)41)31-28(23)27(32-33(47-31)38-37(43)48-32)20-11-14-25(26(15-20)44-3)46-17-21-8-6-5-7-18(21)2/h5-15,23-24,27-31H,4,16-17H2,1-3H3,(H,38,43)/t23?,24?,27-,28?,29?,30?,31?/m1/s1. The number of carbonyl (C=O) groups excluding carboxylic acids is 3. The van der Waals surface area contributed by atoms with Crippen molar-refractivity contribution in [1.82, 2.24) is 4.98 Å². The van der Waals surface area contributed by atoms with E-state index >= 15 is 0 Å². The third-order valence-corrected chi connectivity index (χ3v) is 13.1. The Kier molecular flexibility index (Phi) is 7.71. The predicted octanol–water partition coefficient (Wildman–Crippen LogP) is 6.19. The molecule has 1 aromatic heterocycles. The molecule has 246 valence electrons. The summed E-state index contributed by atoms with van der Waals surface area (Å²) in [5.41, 5.74) is 4.07. The van der Waals surface area contributed by atoms with Gasteiger partial charge in [-0.1, -0.05) is 41.7 Å². The Bertz CT molecular complexity index is 2000. The van der Waals surface area contributed by atoms with E-state index in [1.807, 2.05) is 36.4 Å². The number of H-pyrrole nitrogens is 1. The van der Waals surface area contributed by atoms with E-state index in [1.165, 1.54) is 16.2 Å². The number of esters is 1. The van der Waals surface area contributed by atoms with Crippen molar-refractivity contribution in [3.05, 3.63) is 104 Å². The molecule has 0 radical (unpaired) electrons. The molecule has 9 nitrogen and oxygen atoms in total. The van der Waals surface area contributed by atoms with E-state index in [0.29, 0.717) is 29.4 Å². The summed E-state index contributed by atoms with van der Waals surface area (Å²) in [7, 11) is 1.62. The second kappa shape index (κ2) is 12.0. The number of rotatable bonds is 8. The van der Waals surface area contributed by atoms with Crippen molar-refractivity contribution < 1.29 is 28.6 Å².